The van der Waals surface area contributed by atoms with Crippen molar-refractivity contribution >= 4 is 21.8 Å². The Bertz CT molecular complexity index is 770. The van der Waals surface area contributed by atoms with Crippen LogP contribution < -0.4 is 0 Å². The highest BCUT2D eigenvalue weighted by Gasteiger charge is 2.10. The maximum Gasteiger partial charge on any atom is 0.0491 e. The maximum atomic E-state index is 2.42. The number of benzene rings is 2. The number of rotatable bonds is 6. The highest BCUT2D eigenvalue weighted by molar-refractivity contribution is 6.08. The Morgan fingerprint density at radius 2 is 1.73 bits per heavy atom. The summed E-state index contributed by atoms with van der Waals surface area (Å²) >= 11 is 0. The molecule has 2 nitrogen and oxygen atoms in total. The molecule has 0 N–H and O–H groups in total. The molecule has 22 heavy (non-hydrogen) atoms. The zero-order valence-corrected chi connectivity index (χ0v) is 14.0. The van der Waals surface area contributed by atoms with Gasteiger partial charge in [-0.3, -0.25) is 0 Å². The van der Waals surface area contributed by atoms with Gasteiger partial charge in [-0.05, 0) is 50.7 Å². The van der Waals surface area contributed by atoms with E-state index in [-0.39, 0.29) is 0 Å². The Balaban J connectivity index is 2.01. The largest absolute Gasteiger partial charge is 0.341 e. The molecule has 0 radical (unpaired) electrons. The number of aromatic nitrogens is 1. The topological polar surface area (TPSA) is 8.17 Å². The van der Waals surface area contributed by atoms with Crippen LogP contribution >= 0.6 is 0 Å². The van der Waals surface area contributed by atoms with Gasteiger partial charge in [0.05, 0.1) is 0 Å². The van der Waals surface area contributed by atoms with Crippen LogP contribution in [0.15, 0.2) is 42.5 Å². The molecule has 1 aromatic heterocycles. The van der Waals surface area contributed by atoms with E-state index in [2.05, 4.69) is 72.8 Å². The number of hydrogen-bond donors (Lipinski definition) is 0. The van der Waals surface area contributed by atoms with Crippen LogP contribution in [-0.2, 0) is 13.1 Å². The fraction of sp³-hybridized carbons (Fsp3) is 0.400. The lowest BCUT2D eigenvalue weighted by molar-refractivity contribution is 0.321. The first kappa shape index (κ1) is 15.1. The molecule has 0 unspecified atom stereocenters. The van der Waals surface area contributed by atoms with Crippen LogP contribution in [0, 0.1) is 0 Å². The Morgan fingerprint density at radius 3 is 2.50 bits per heavy atom. The maximum absolute atomic E-state index is 2.42. The van der Waals surface area contributed by atoms with Gasteiger partial charge in [0.1, 0.15) is 0 Å². The standard InChI is InChI=1S/C20H26N2/c1-4-6-13-21(3)15-16-11-12-20-18(14-16)17-9-7-8-10-19(17)22(20)5-2/h7-12,14H,4-6,13,15H2,1-3H3. The first-order valence-corrected chi connectivity index (χ1v) is 8.43. The third kappa shape index (κ3) is 2.76. The van der Waals surface area contributed by atoms with Crippen LogP contribution in [0.5, 0.6) is 0 Å². The van der Waals surface area contributed by atoms with E-state index in [0.717, 1.165) is 13.1 Å². The molecule has 1 heterocycles. The Kier molecular flexibility index (Phi) is 4.49. The highest BCUT2D eigenvalue weighted by atomic mass is 15.1. The van der Waals surface area contributed by atoms with E-state index in [0.29, 0.717) is 0 Å². The highest BCUT2D eigenvalue weighted by Crippen LogP contribution is 2.29. The number of fused-ring (bicyclic) bond motifs is 3. The molecule has 0 aliphatic carbocycles. The van der Waals surface area contributed by atoms with E-state index in [4.69, 9.17) is 0 Å². The number of hydrogen-bond acceptors (Lipinski definition) is 1. The van der Waals surface area contributed by atoms with Crippen molar-refractivity contribution in [3.63, 3.8) is 0 Å². The normalized spacial score (nSPS) is 11.8. The Hall–Kier alpha value is -1.80. The zero-order valence-electron chi connectivity index (χ0n) is 14.0. The van der Waals surface area contributed by atoms with Crippen LogP contribution in [-0.4, -0.2) is 23.1 Å². The molecule has 0 spiro atoms. The summed E-state index contributed by atoms with van der Waals surface area (Å²) in [7, 11) is 2.22. The van der Waals surface area contributed by atoms with Crippen molar-refractivity contribution < 1.29 is 0 Å². The van der Waals surface area contributed by atoms with Crippen LogP contribution in [0.25, 0.3) is 21.8 Å². The second-order valence-corrected chi connectivity index (χ2v) is 6.20. The van der Waals surface area contributed by atoms with Crippen molar-refractivity contribution in [2.45, 2.75) is 39.8 Å². The van der Waals surface area contributed by atoms with E-state index in [1.807, 2.05) is 0 Å². The summed E-state index contributed by atoms with van der Waals surface area (Å²) in [5, 5.41) is 2.76. The van der Waals surface area contributed by atoms with Crippen LogP contribution in [0.1, 0.15) is 32.3 Å². The minimum atomic E-state index is 1.01. The molecule has 0 aliphatic heterocycles. The molecule has 0 aliphatic rings. The molecule has 2 aromatic carbocycles. The van der Waals surface area contributed by atoms with Gasteiger partial charge in [0.25, 0.3) is 0 Å². The predicted molar refractivity (Wildman–Crippen MR) is 96.4 cm³/mol. The lowest BCUT2D eigenvalue weighted by Crippen LogP contribution is -2.18. The molecule has 2 heteroatoms. The summed E-state index contributed by atoms with van der Waals surface area (Å²) in [6.45, 7) is 7.68. The number of unbranched alkanes of at least 4 members (excludes halogenated alkanes) is 1. The summed E-state index contributed by atoms with van der Waals surface area (Å²) in [6.07, 6.45) is 2.53. The van der Waals surface area contributed by atoms with Gasteiger partial charge in [0.15, 0.2) is 0 Å². The molecular formula is C20H26N2. The summed E-state index contributed by atoms with van der Waals surface area (Å²) < 4.78 is 2.41. The van der Waals surface area contributed by atoms with Gasteiger partial charge < -0.3 is 9.47 Å². The van der Waals surface area contributed by atoms with E-state index in [1.165, 1.54) is 46.8 Å². The molecule has 0 atom stereocenters. The first-order chi connectivity index (χ1) is 10.7. The van der Waals surface area contributed by atoms with Crippen LogP contribution in [0.2, 0.25) is 0 Å². The van der Waals surface area contributed by atoms with Gasteiger partial charge >= 0.3 is 0 Å². The van der Waals surface area contributed by atoms with Gasteiger partial charge in [-0.15, -0.1) is 0 Å². The molecule has 116 valence electrons. The fourth-order valence-corrected chi connectivity index (χ4v) is 3.36. The molecule has 0 fully saturated rings. The zero-order chi connectivity index (χ0) is 15.5. The van der Waals surface area contributed by atoms with Gasteiger partial charge in [0.2, 0.25) is 0 Å². The van der Waals surface area contributed by atoms with E-state index < -0.39 is 0 Å². The average Bonchev–Trinajstić information content (AvgIpc) is 2.86. The Labute approximate surface area is 133 Å². The number of aryl methyl sites for hydroxylation is 1. The van der Waals surface area contributed by atoms with Crippen molar-refractivity contribution in [3.05, 3.63) is 48.0 Å². The second-order valence-electron chi connectivity index (χ2n) is 6.20. The van der Waals surface area contributed by atoms with Gasteiger partial charge in [0, 0.05) is 34.9 Å². The van der Waals surface area contributed by atoms with Gasteiger partial charge in [-0.2, -0.15) is 0 Å². The third-order valence-corrected chi connectivity index (χ3v) is 4.50. The minimum absolute atomic E-state index is 1.01. The van der Waals surface area contributed by atoms with Crippen molar-refractivity contribution in [3.8, 4) is 0 Å². The molecular weight excluding hydrogens is 268 g/mol. The number of para-hydroxylation sites is 1. The summed E-state index contributed by atoms with van der Waals surface area (Å²) in [5.74, 6) is 0. The van der Waals surface area contributed by atoms with Crippen molar-refractivity contribution in [1.82, 2.24) is 9.47 Å². The minimum Gasteiger partial charge on any atom is -0.341 e. The summed E-state index contributed by atoms with van der Waals surface area (Å²) in [4.78, 5) is 2.42. The summed E-state index contributed by atoms with van der Waals surface area (Å²) in [5.41, 5.74) is 4.10. The van der Waals surface area contributed by atoms with Crippen molar-refractivity contribution in [2.75, 3.05) is 13.6 Å². The third-order valence-electron chi connectivity index (χ3n) is 4.50. The second kappa shape index (κ2) is 6.53. The van der Waals surface area contributed by atoms with E-state index in [1.54, 1.807) is 0 Å². The van der Waals surface area contributed by atoms with Crippen LogP contribution in [0.4, 0.5) is 0 Å². The first-order valence-electron chi connectivity index (χ1n) is 8.43. The molecule has 0 saturated heterocycles. The predicted octanol–water partition coefficient (Wildman–Crippen LogP) is 5.05. The Morgan fingerprint density at radius 1 is 0.955 bits per heavy atom. The lowest BCUT2D eigenvalue weighted by Gasteiger charge is -2.16. The van der Waals surface area contributed by atoms with Gasteiger partial charge in [-0.25, -0.2) is 0 Å². The van der Waals surface area contributed by atoms with E-state index >= 15 is 0 Å². The average molecular weight is 294 g/mol. The van der Waals surface area contributed by atoms with E-state index in [9.17, 15) is 0 Å². The van der Waals surface area contributed by atoms with Crippen molar-refractivity contribution in [1.29, 1.82) is 0 Å². The number of nitrogens with zero attached hydrogens (tertiary/aromatic N) is 2. The quantitative estimate of drug-likeness (QED) is 0.618. The lowest BCUT2D eigenvalue weighted by atomic mass is 10.1. The van der Waals surface area contributed by atoms with Crippen molar-refractivity contribution in [2.24, 2.45) is 0 Å². The molecule has 0 amide bonds. The fourth-order valence-electron chi connectivity index (χ4n) is 3.36. The summed E-state index contributed by atoms with van der Waals surface area (Å²) in [6, 6.07) is 15.7. The van der Waals surface area contributed by atoms with Gasteiger partial charge in [-0.1, -0.05) is 37.6 Å². The van der Waals surface area contributed by atoms with Crippen LogP contribution in [0.3, 0.4) is 0 Å². The SMILES string of the molecule is CCCCN(C)Cc1ccc2c(c1)c1ccccc1n2CC. The molecule has 0 bridgehead atoms. The monoisotopic (exact) mass is 294 g/mol. The molecule has 0 saturated carbocycles. The molecule has 3 aromatic rings. The molecule has 3 rings (SSSR count). The smallest absolute Gasteiger partial charge is 0.0491 e.